The average molecular weight is 465 g/mol. The van der Waals surface area contributed by atoms with Gasteiger partial charge in [-0.15, -0.1) is 11.8 Å². The summed E-state index contributed by atoms with van der Waals surface area (Å²) in [4.78, 5) is 18.0. The molecule has 0 amide bonds. The Bertz CT molecular complexity index is 1180. The predicted octanol–water partition coefficient (Wildman–Crippen LogP) is 5.53. The van der Waals surface area contributed by atoms with Crippen molar-refractivity contribution in [2.24, 2.45) is 4.99 Å². The molecule has 172 valence electrons. The number of aromatic nitrogens is 1. The zero-order valence-electron chi connectivity index (χ0n) is 19.0. The Balaban J connectivity index is 1.84. The van der Waals surface area contributed by atoms with Crippen molar-refractivity contribution in [3.63, 3.8) is 0 Å². The van der Waals surface area contributed by atoms with Gasteiger partial charge < -0.3 is 14.9 Å². The van der Waals surface area contributed by atoms with Gasteiger partial charge in [-0.3, -0.25) is 14.4 Å². The van der Waals surface area contributed by atoms with Crippen molar-refractivity contribution in [2.75, 3.05) is 19.4 Å². The Morgan fingerprint density at radius 2 is 1.76 bits per heavy atom. The minimum atomic E-state index is -0.391. The fourth-order valence-corrected chi connectivity index (χ4v) is 5.12. The van der Waals surface area contributed by atoms with E-state index in [4.69, 9.17) is 4.74 Å². The number of aliphatic imine (C=N–C) groups is 1. The van der Waals surface area contributed by atoms with Crippen LogP contribution in [0.5, 0.6) is 17.4 Å². The van der Waals surface area contributed by atoms with E-state index in [1.54, 1.807) is 47.7 Å². The third-order valence-corrected chi connectivity index (χ3v) is 7.09. The highest BCUT2D eigenvalue weighted by molar-refractivity contribution is 8.14. The number of thioether (sulfide) groups is 1. The van der Waals surface area contributed by atoms with E-state index in [-0.39, 0.29) is 23.1 Å². The smallest absolute Gasteiger partial charge is 0.240 e. The molecule has 0 radical (unpaired) electrons. The largest absolute Gasteiger partial charge is 0.503 e. The normalized spacial score (nSPS) is 13.4. The van der Waals surface area contributed by atoms with E-state index in [0.717, 1.165) is 35.7 Å². The first-order valence-electron chi connectivity index (χ1n) is 11.1. The van der Waals surface area contributed by atoms with Crippen molar-refractivity contribution in [3.05, 3.63) is 70.9 Å². The number of ether oxygens (including phenoxy) is 1. The summed E-state index contributed by atoms with van der Waals surface area (Å²) in [5.41, 5.74) is 2.89. The van der Waals surface area contributed by atoms with Crippen LogP contribution < -0.4 is 4.74 Å². The van der Waals surface area contributed by atoms with Gasteiger partial charge in [0.25, 0.3) is 0 Å². The van der Waals surface area contributed by atoms with E-state index in [1.165, 1.54) is 0 Å². The van der Waals surface area contributed by atoms with Gasteiger partial charge in [-0.25, -0.2) is 0 Å². The van der Waals surface area contributed by atoms with Crippen LogP contribution in [0.2, 0.25) is 0 Å². The first kappa shape index (κ1) is 23.0. The van der Waals surface area contributed by atoms with Crippen molar-refractivity contribution in [2.45, 2.75) is 32.6 Å². The molecule has 2 heterocycles. The highest BCUT2D eigenvalue weighted by atomic mass is 32.2. The highest BCUT2D eigenvalue weighted by Gasteiger charge is 2.32. The number of benzene rings is 2. The molecule has 0 atom stereocenters. The van der Waals surface area contributed by atoms with Crippen LogP contribution in [0.25, 0.3) is 5.69 Å². The Morgan fingerprint density at radius 1 is 1.09 bits per heavy atom. The monoisotopic (exact) mass is 464 g/mol. The summed E-state index contributed by atoms with van der Waals surface area (Å²) < 4.78 is 6.80. The summed E-state index contributed by atoms with van der Waals surface area (Å²) in [6, 6.07) is 14.5. The molecule has 0 spiro atoms. The minimum absolute atomic E-state index is 0.0246. The van der Waals surface area contributed by atoms with Crippen LogP contribution in [0, 0.1) is 0 Å². The van der Waals surface area contributed by atoms with Crippen LogP contribution in [0.1, 0.15) is 59.8 Å². The number of nitrogens with zero attached hydrogens (tertiary/aromatic N) is 2. The van der Waals surface area contributed by atoms with Gasteiger partial charge in [-0.2, -0.15) is 0 Å². The van der Waals surface area contributed by atoms with Gasteiger partial charge in [-0.1, -0.05) is 26.0 Å². The lowest BCUT2D eigenvalue weighted by molar-refractivity contribution is 0.103. The Morgan fingerprint density at radius 3 is 2.30 bits per heavy atom. The van der Waals surface area contributed by atoms with E-state index in [0.29, 0.717) is 22.7 Å². The molecule has 2 aromatic carbocycles. The molecule has 1 aromatic heterocycles. The standard InChI is InChI=1S/C26H28N2O4S/c1-4-16(5-2)22-21(23(29)17-8-12-20(32-3)13-9-17)24(30)26(31)28(22)19-10-6-18(7-11-19)25-27-14-15-33-25/h6-13,16,30-31H,4-5,14-15H2,1-3H3. The summed E-state index contributed by atoms with van der Waals surface area (Å²) in [5, 5.41) is 22.9. The lowest BCUT2D eigenvalue weighted by Crippen LogP contribution is -2.12. The van der Waals surface area contributed by atoms with Gasteiger partial charge in [0.15, 0.2) is 11.5 Å². The zero-order chi connectivity index (χ0) is 23.5. The van der Waals surface area contributed by atoms with Gasteiger partial charge in [0.1, 0.15) is 5.75 Å². The maximum Gasteiger partial charge on any atom is 0.240 e. The first-order valence-corrected chi connectivity index (χ1v) is 12.1. The second kappa shape index (κ2) is 9.75. The summed E-state index contributed by atoms with van der Waals surface area (Å²) in [7, 11) is 1.56. The van der Waals surface area contributed by atoms with E-state index in [9.17, 15) is 15.0 Å². The molecule has 6 nitrogen and oxygen atoms in total. The van der Waals surface area contributed by atoms with Crippen LogP contribution in [0.4, 0.5) is 0 Å². The second-order valence-electron chi connectivity index (χ2n) is 7.92. The topological polar surface area (TPSA) is 84.0 Å². The van der Waals surface area contributed by atoms with E-state index in [1.807, 2.05) is 38.1 Å². The number of aromatic hydroxyl groups is 2. The van der Waals surface area contributed by atoms with Crippen LogP contribution in [0.15, 0.2) is 53.5 Å². The summed E-state index contributed by atoms with van der Waals surface area (Å²) in [6.45, 7) is 4.91. The van der Waals surface area contributed by atoms with Gasteiger partial charge >= 0.3 is 0 Å². The highest BCUT2D eigenvalue weighted by Crippen LogP contribution is 2.44. The van der Waals surface area contributed by atoms with Gasteiger partial charge in [0.2, 0.25) is 5.88 Å². The number of ketones is 1. The lowest BCUT2D eigenvalue weighted by Gasteiger charge is -2.19. The number of methoxy groups -OCH3 is 1. The number of hydrogen-bond acceptors (Lipinski definition) is 6. The van der Waals surface area contributed by atoms with Crippen molar-refractivity contribution in [1.82, 2.24) is 4.57 Å². The molecule has 4 rings (SSSR count). The Hall–Kier alpha value is -3.19. The zero-order valence-corrected chi connectivity index (χ0v) is 19.9. The number of carbonyl (C=O) groups excluding carboxylic acids is 1. The molecule has 7 heteroatoms. The molecular weight excluding hydrogens is 436 g/mol. The van der Waals surface area contributed by atoms with Gasteiger partial charge in [-0.05, 0) is 49.2 Å². The molecule has 33 heavy (non-hydrogen) atoms. The molecular formula is C26H28N2O4S. The van der Waals surface area contributed by atoms with Gasteiger partial charge in [0.05, 0.1) is 17.7 Å². The molecule has 0 unspecified atom stereocenters. The number of rotatable bonds is 8. The third kappa shape index (κ3) is 4.25. The second-order valence-corrected chi connectivity index (χ2v) is 9.00. The van der Waals surface area contributed by atoms with Crippen molar-refractivity contribution in [3.8, 4) is 23.1 Å². The maximum absolute atomic E-state index is 13.5. The van der Waals surface area contributed by atoms with Crippen LogP contribution >= 0.6 is 11.8 Å². The van der Waals surface area contributed by atoms with Gasteiger partial charge in [0, 0.05) is 40.7 Å². The molecule has 0 saturated carbocycles. The molecule has 0 fully saturated rings. The molecule has 0 saturated heterocycles. The SMILES string of the molecule is CCC(CC)c1c(C(=O)c2ccc(OC)cc2)c(O)c(O)n1-c1ccc(C2=NCCS2)cc1. The quantitative estimate of drug-likeness (QED) is 0.429. The summed E-state index contributed by atoms with van der Waals surface area (Å²) >= 11 is 1.73. The lowest BCUT2D eigenvalue weighted by atomic mass is 9.92. The first-order chi connectivity index (χ1) is 16.0. The van der Waals surface area contributed by atoms with E-state index < -0.39 is 5.75 Å². The average Bonchev–Trinajstić information content (AvgIpc) is 3.47. The van der Waals surface area contributed by atoms with Crippen molar-refractivity contribution < 1.29 is 19.7 Å². The molecule has 2 N–H and O–H groups in total. The molecule has 3 aromatic rings. The fraction of sp³-hybridized carbons (Fsp3) is 0.308. The van der Waals surface area contributed by atoms with E-state index >= 15 is 0 Å². The molecule has 1 aliphatic rings. The summed E-state index contributed by atoms with van der Waals surface area (Å²) in [6.07, 6.45) is 1.52. The Kier molecular flexibility index (Phi) is 6.79. The number of hydrogen-bond donors (Lipinski definition) is 2. The summed E-state index contributed by atoms with van der Waals surface area (Å²) in [5.74, 6) is 0.551. The van der Waals surface area contributed by atoms with Crippen LogP contribution in [-0.2, 0) is 0 Å². The van der Waals surface area contributed by atoms with Crippen LogP contribution in [-0.4, -0.2) is 45.0 Å². The molecule has 1 aliphatic heterocycles. The molecule has 0 bridgehead atoms. The molecule has 0 aliphatic carbocycles. The Labute approximate surface area is 197 Å². The van der Waals surface area contributed by atoms with E-state index in [2.05, 4.69) is 4.99 Å². The van der Waals surface area contributed by atoms with Crippen molar-refractivity contribution >= 4 is 22.6 Å². The fourth-order valence-electron chi connectivity index (χ4n) is 4.26. The third-order valence-electron chi connectivity index (χ3n) is 6.07. The minimum Gasteiger partial charge on any atom is -0.503 e. The number of carbonyl (C=O) groups is 1. The predicted molar refractivity (Wildman–Crippen MR) is 133 cm³/mol. The van der Waals surface area contributed by atoms with Crippen molar-refractivity contribution in [1.29, 1.82) is 0 Å². The van der Waals surface area contributed by atoms with Crippen LogP contribution in [0.3, 0.4) is 0 Å². The maximum atomic E-state index is 13.5.